The van der Waals surface area contributed by atoms with Crippen LogP contribution in [0, 0.1) is 12.7 Å². The van der Waals surface area contributed by atoms with Gasteiger partial charge in [-0.1, -0.05) is 6.07 Å². The first-order chi connectivity index (χ1) is 15.4. The first-order valence-corrected chi connectivity index (χ1v) is 11.1. The van der Waals surface area contributed by atoms with Gasteiger partial charge in [0.05, 0.1) is 7.11 Å². The number of sulfonamides is 1. The topological polar surface area (TPSA) is 108 Å². The third kappa shape index (κ3) is 4.53. The molecule has 0 saturated carbocycles. The average molecular weight is 457 g/mol. The van der Waals surface area contributed by atoms with Crippen LogP contribution in [-0.2, 0) is 10.0 Å². The number of aryl methyl sites for hydroxylation is 1. The molecule has 2 aromatic heterocycles. The zero-order valence-corrected chi connectivity index (χ0v) is 18.1. The number of fused-ring (bicyclic) bond motifs is 1. The fourth-order valence-electron chi connectivity index (χ4n) is 3.03. The lowest BCUT2D eigenvalue weighted by Gasteiger charge is -2.12. The summed E-state index contributed by atoms with van der Waals surface area (Å²) in [6.45, 7) is 1.91. The van der Waals surface area contributed by atoms with E-state index in [1.54, 1.807) is 36.4 Å². The first-order valence-electron chi connectivity index (χ1n) is 9.63. The van der Waals surface area contributed by atoms with Gasteiger partial charge in [0, 0.05) is 18.2 Å². The van der Waals surface area contributed by atoms with Gasteiger partial charge >= 0.3 is 0 Å². The van der Waals surface area contributed by atoms with Crippen LogP contribution < -0.4 is 14.2 Å². The zero-order valence-electron chi connectivity index (χ0n) is 17.3. The normalized spacial score (nSPS) is 11.6. The van der Waals surface area contributed by atoms with E-state index in [1.165, 1.54) is 29.8 Å². The first kappa shape index (κ1) is 21.7. The van der Waals surface area contributed by atoms with E-state index in [-0.39, 0.29) is 35.5 Å². The number of nitrogens with zero attached hydrogens (tertiary/aromatic N) is 4. The highest BCUT2D eigenvalue weighted by atomic mass is 32.2. The van der Waals surface area contributed by atoms with E-state index in [9.17, 15) is 12.8 Å². The number of halogens is 1. The summed E-state index contributed by atoms with van der Waals surface area (Å²) >= 11 is 0. The summed E-state index contributed by atoms with van der Waals surface area (Å²) in [5.41, 5.74) is 2.02. The van der Waals surface area contributed by atoms with Crippen molar-refractivity contribution in [3.8, 4) is 23.0 Å². The van der Waals surface area contributed by atoms with Crippen molar-refractivity contribution in [1.82, 2.24) is 24.5 Å². The lowest BCUT2D eigenvalue weighted by Crippen LogP contribution is -2.28. The third-order valence-electron chi connectivity index (χ3n) is 4.59. The molecule has 0 saturated heterocycles. The van der Waals surface area contributed by atoms with E-state index >= 15 is 0 Å². The standard InChI is InChI=1S/C21H20FN5O4S/c1-14-3-8-18(17(13-14)30-2)32(28,29)23-11-12-31-20-10-9-19-24-25-21(27(19)26-20)15-4-6-16(22)7-5-15/h3-10,13,23H,11-12H2,1-2H3. The SMILES string of the molecule is COc1cc(C)ccc1S(=O)(=O)NCCOc1ccc2nnc(-c3ccc(F)cc3)n2n1. The Hall–Kier alpha value is -3.57. The van der Waals surface area contributed by atoms with E-state index in [2.05, 4.69) is 20.0 Å². The maximum atomic E-state index is 13.2. The van der Waals surface area contributed by atoms with E-state index in [0.717, 1.165) is 5.56 Å². The Morgan fingerprint density at radius 1 is 1.06 bits per heavy atom. The third-order valence-corrected chi connectivity index (χ3v) is 6.09. The molecule has 166 valence electrons. The molecule has 0 bridgehead atoms. The van der Waals surface area contributed by atoms with Gasteiger partial charge in [-0.05, 0) is 55.0 Å². The fraction of sp³-hybridized carbons (Fsp3) is 0.190. The zero-order chi connectivity index (χ0) is 22.7. The van der Waals surface area contributed by atoms with Crippen LogP contribution in [0.2, 0.25) is 0 Å². The summed E-state index contributed by atoms with van der Waals surface area (Å²) in [6.07, 6.45) is 0. The number of aromatic nitrogens is 4. The van der Waals surface area contributed by atoms with Gasteiger partial charge in [0.1, 0.15) is 23.1 Å². The lowest BCUT2D eigenvalue weighted by molar-refractivity contribution is 0.305. The molecular weight excluding hydrogens is 437 g/mol. The quantitative estimate of drug-likeness (QED) is 0.405. The van der Waals surface area contributed by atoms with E-state index in [4.69, 9.17) is 9.47 Å². The molecule has 0 radical (unpaired) electrons. The molecule has 0 spiro atoms. The van der Waals surface area contributed by atoms with Gasteiger partial charge in [0.25, 0.3) is 0 Å². The summed E-state index contributed by atoms with van der Waals surface area (Å²) in [5, 5.41) is 12.5. The Morgan fingerprint density at radius 3 is 2.59 bits per heavy atom. The molecular formula is C21H20FN5O4S. The van der Waals surface area contributed by atoms with Crippen LogP contribution in [-0.4, -0.2) is 48.5 Å². The summed E-state index contributed by atoms with van der Waals surface area (Å²) < 4.78 is 53.1. The minimum absolute atomic E-state index is 0.0199. The molecule has 2 aromatic carbocycles. The van der Waals surface area contributed by atoms with Crippen LogP contribution >= 0.6 is 0 Å². The predicted molar refractivity (Wildman–Crippen MR) is 115 cm³/mol. The molecule has 0 aliphatic carbocycles. The van der Waals surface area contributed by atoms with E-state index in [1.807, 2.05) is 6.92 Å². The smallest absolute Gasteiger partial charge is 0.244 e. The second-order valence-electron chi connectivity index (χ2n) is 6.87. The molecule has 11 heteroatoms. The molecule has 0 unspecified atom stereocenters. The molecule has 32 heavy (non-hydrogen) atoms. The number of hydrogen-bond donors (Lipinski definition) is 1. The Kier molecular flexibility index (Phi) is 6.01. The molecule has 1 N–H and O–H groups in total. The second-order valence-corrected chi connectivity index (χ2v) is 8.61. The van der Waals surface area contributed by atoms with Crippen molar-refractivity contribution in [3.05, 3.63) is 66.0 Å². The van der Waals surface area contributed by atoms with Crippen molar-refractivity contribution < 1.29 is 22.3 Å². The summed E-state index contributed by atoms with van der Waals surface area (Å²) in [7, 11) is -2.36. The molecule has 0 amide bonds. The Bertz CT molecular complexity index is 1360. The molecule has 0 aliphatic heterocycles. The number of benzene rings is 2. The highest BCUT2D eigenvalue weighted by molar-refractivity contribution is 7.89. The highest BCUT2D eigenvalue weighted by Gasteiger charge is 2.19. The number of hydrogen-bond acceptors (Lipinski definition) is 7. The van der Waals surface area contributed by atoms with Crippen LogP contribution in [0.15, 0.2) is 59.5 Å². The van der Waals surface area contributed by atoms with Gasteiger partial charge in [0.2, 0.25) is 15.9 Å². The molecule has 4 rings (SSSR count). The van der Waals surface area contributed by atoms with Gasteiger partial charge in [-0.25, -0.2) is 17.5 Å². The summed E-state index contributed by atoms with van der Waals surface area (Å²) in [4.78, 5) is 0.0542. The average Bonchev–Trinajstić information content (AvgIpc) is 3.20. The molecule has 0 atom stereocenters. The number of rotatable bonds is 8. The minimum Gasteiger partial charge on any atom is -0.495 e. The van der Waals surface area contributed by atoms with Crippen LogP contribution in [0.1, 0.15) is 5.56 Å². The van der Waals surface area contributed by atoms with Gasteiger partial charge in [0.15, 0.2) is 11.5 Å². The van der Waals surface area contributed by atoms with Crippen molar-refractivity contribution >= 4 is 15.7 Å². The second kappa shape index (κ2) is 8.89. The largest absolute Gasteiger partial charge is 0.495 e. The van der Waals surface area contributed by atoms with Crippen LogP contribution in [0.3, 0.4) is 0 Å². The minimum atomic E-state index is -3.78. The molecule has 9 nitrogen and oxygen atoms in total. The van der Waals surface area contributed by atoms with Gasteiger partial charge < -0.3 is 9.47 Å². The maximum absolute atomic E-state index is 13.2. The van der Waals surface area contributed by atoms with Crippen molar-refractivity contribution in [2.75, 3.05) is 20.3 Å². The van der Waals surface area contributed by atoms with Gasteiger partial charge in [-0.2, -0.15) is 4.52 Å². The highest BCUT2D eigenvalue weighted by Crippen LogP contribution is 2.24. The number of methoxy groups -OCH3 is 1. The van der Waals surface area contributed by atoms with Gasteiger partial charge in [-0.15, -0.1) is 15.3 Å². The fourth-order valence-corrected chi connectivity index (χ4v) is 4.20. The Morgan fingerprint density at radius 2 is 1.84 bits per heavy atom. The van der Waals surface area contributed by atoms with Gasteiger partial charge in [-0.3, -0.25) is 0 Å². The van der Waals surface area contributed by atoms with Crippen molar-refractivity contribution in [2.45, 2.75) is 11.8 Å². The predicted octanol–water partition coefficient (Wildman–Crippen LogP) is 2.60. The number of nitrogens with one attached hydrogen (secondary N) is 1. The Labute approximate surface area is 183 Å². The molecule has 2 heterocycles. The van der Waals surface area contributed by atoms with Crippen molar-refractivity contribution in [1.29, 1.82) is 0 Å². The van der Waals surface area contributed by atoms with Crippen molar-refractivity contribution in [2.24, 2.45) is 0 Å². The van der Waals surface area contributed by atoms with E-state index in [0.29, 0.717) is 17.0 Å². The van der Waals surface area contributed by atoms with Crippen molar-refractivity contribution in [3.63, 3.8) is 0 Å². The lowest BCUT2D eigenvalue weighted by atomic mass is 10.2. The molecule has 0 fully saturated rings. The van der Waals surface area contributed by atoms with Crippen LogP contribution in [0.25, 0.3) is 17.0 Å². The molecule has 0 aliphatic rings. The molecule has 4 aromatic rings. The summed E-state index contributed by atoms with van der Waals surface area (Å²) in [5.74, 6) is 0.599. The summed E-state index contributed by atoms with van der Waals surface area (Å²) in [6, 6.07) is 13.9. The number of ether oxygens (including phenoxy) is 2. The maximum Gasteiger partial charge on any atom is 0.244 e. The van der Waals surface area contributed by atoms with Crippen LogP contribution in [0.5, 0.6) is 11.6 Å². The Balaban J connectivity index is 1.44. The van der Waals surface area contributed by atoms with E-state index < -0.39 is 10.0 Å². The monoisotopic (exact) mass is 457 g/mol. The van der Waals surface area contributed by atoms with Crippen LogP contribution in [0.4, 0.5) is 4.39 Å².